The number of benzene rings is 1. The molecule has 1 atom stereocenters. The molecule has 0 bridgehead atoms. The largest absolute Gasteiger partial charge is 0.507 e. The second kappa shape index (κ2) is 7.77. The van der Waals surface area contributed by atoms with Crippen molar-refractivity contribution in [1.82, 2.24) is 0 Å². The van der Waals surface area contributed by atoms with Crippen molar-refractivity contribution in [2.45, 2.75) is 45.4 Å². The Hall–Kier alpha value is -1.36. The van der Waals surface area contributed by atoms with E-state index in [-0.39, 0.29) is 22.8 Å². The molecule has 0 aliphatic heterocycles. The first kappa shape index (κ1) is 17.0. The van der Waals surface area contributed by atoms with Crippen molar-refractivity contribution in [1.29, 1.82) is 0 Å². The van der Waals surface area contributed by atoms with Crippen molar-refractivity contribution in [3.63, 3.8) is 0 Å². The number of ketones is 1. The molecule has 1 unspecified atom stereocenters. The van der Waals surface area contributed by atoms with E-state index in [1.807, 2.05) is 0 Å². The van der Waals surface area contributed by atoms with Gasteiger partial charge in [0.2, 0.25) is 0 Å². The highest BCUT2D eigenvalue weighted by Gasteiger charge is 2.23. The van der Waals surface area contributed by atoms with Gasteiger partial charge < -0.3 is 9.84 Å². The first-order valence-corrected chi connectivity index (χ1v) is 8.29. The first-order chi connectivity index (χ1) is 10.5. The number of alkyl halides is 1. The molecular formula is C17H20BrFO3. The number of rotatable bonds is 8. The van der Waals surface area contributed by atoms with Crippen LogP contribution in [0, 0.1) is 5.92 Å². The van der Waals surface area contributed by atoms with Gasteiger partial charge in [0.1, 0.15) is 17.1 Å². The van der Waals surface area contributed by atoms with E-state index >= 15 is 0 Å². The van der Waals surface area contributed by atoms with Crippen LogP contribution in [0.25, 0.3) is 0 Å². The number of phenolic OH excluding ortho intramolecular Hbond substituents is 1. The van der Waals surface area contributed by atoms with E-state index in [0.717, 1.165) is 18.8 Å². The minimum Gasteiger partial charge on any atom is -0.507 e. The zero-order valence-electron chi connectivity index (χ0n) is 12.5. The monoisotopic (exact) mass is 370 g/mol. The highest BCUT2D eigenvalue weighted by molar-refractivity contribution is 9.10. The summed E-state index contributed by atoms with van der Waals surface area (Å²) in [7, 11) is 0. The van der Waals surface area contributed by atoms with Gasteiger partial charge in [-0.2, -0.15) is 4.39 Å². The Labute approximate surface area is 138 Å². The van der Waals surface area contributed by atoms with E-state index in [4.69, 9.17) is 4.74 Å². The lowest BCUT2D eigenvalue weighted by Crippen LogP contribution is -2.11. The number of aromatic hydroxyl groups is 1. The van der Waals surface area contributed by atoms with E-state index < -0.39 is 6.36 Å². The van der Waals surface area contributed by atoms with Crippen LogP contribution >= 0.6 is 15.9 Å². The number of halogens is 2. The van der Waals surface area contributed by atoms with Crippen LogP contribution in [0.1, 0.15) is 49.4 Å². The number of phenols is 1. The topological polar surface area (TPSA) is 46.5 Å². The maximum absolute atomic E-state index is 13.6. The summed E-state index contributed by atoms with van der Waals surface area (Å²) >= 11 is 3.21. The number of carbonyl (C=O) groups excluding carboxylic acids is 1. The van der Waals surface area contributed by atoms with Crippen LogP contribution < -0.4 is 4.74 Å². The molecule has 22 heavy (non-hydrogen) atoms. The summed E-state index contributed by atoms with van der Waals surface area (Å²) in [6, 6.07) is 2.92. The third-order valence-corrected chi connectivity index (χ3v) is 4.08. The molecule has 0 aromatic heterocycles. The van der Waals surface area contributed by atoms with Gasteiger partial charge in [-0.3, -0.25) is 4.79 Å². The molecule has 1 aliphatic carbocycles. The molecule has 120 valence electrons. The smallest absolute Gasteiger partial charge is 0.257 e. The number of hydrogen-bond donors (Lipinski definition) is 1. The van der Waals surface area contributed by atoms with Gasteiger partial charge in [0.15, 0.2) is 5.78 Å². The van der Waals surface area contributed by atoms with Crippen molar-refractivity contribution in [2.75, 3.05) is 0 Å². The van der Waals surface area contributed by atoms with E-state index in [2.05, 4.69) is 15.9 Å². The zero-order chi connectivity index (χ0) is 16.1. The van der Waals surface area contributed by atoms with Crippen LogP contribution in [-0.4, -0.2) is 17.2 Å². The fourth-order valence-electron chi connectivity index (χ4n) is 2.34. The summed E-state index contributed by atoms with van der Waals surface area (Å²) in [6.07, 6.45) is 5.76. The molecule has 3 nitrogen and oxygen atoms in total. The summed E-state index contributed by atoms with van der Waals surface area (Å²) in [6.45, 7) is 1.68. The maximum atomic E-state index is 13.6. The number of hydrogen-bond acceptors (Lipinski definition) is 3. The highest BCUT2D eigenvalue weighted by atomic mass is 79.9. The summed E-state index contributed by atoms with van der Waals surface area (Å²) in [5.74, 6) is 0.419. The van der Waals surface area contributed by atoms with Crippen LogP contribution in [0.2, 0.25) is 0 Å². The summed E-state index contributed by atoms with van der Waals surface area (Å²) in [5, 5.41) is 10.0. The minimum atomic E-state index is -1.66. The Balaban J connectivity index is 2.13. The standard InChI is InChI=1S/C17H20BrFO3/c1-2-4-16(19)22-15-10-12(18)9-14(21)17(15)13(20)6-3-5-11-7-8-11/h2,4,9-11,16,21H,3,5-8H2,1H3/b4-2+. The molecule has 0 saturated heterocycles. The van der Waals surface area contributed by atoms with E-state index in [9.17, 15) is 14.3 Å². The second-order valence-electron chi connectivity index (χ2n) is 5.55. The van der Waals surface area contributed by atoms with Crippen LogP contribution in [0.3, 0.4) is 0 Å². The molecule has 1 aromatic carbocycles. The average Bonchev–Trinajstić information content (AvgIpc) is 3.22. The minimum absolute atomic E-state index is 0.0613. The Kier molecular flexibility index (Phi) is 6.00. The Morgan fingerprint density at radius 1 is 1.55 bits per heavy atom. The zero-order valence-corrected chi connectivity index (χ0v) is 14.1. The van der Waals surface area contributed by atoms with Gasteiger partial charge >= 0.3 is 0 Å². The maximum Gasteiger partial charge on any atom is 0.257 e. The molecule has 0 amide bonds. The SMILES string of the molecule is C/C=C/C(F)Oc1cc(Br)cc(O)c1C(=O)CCCC1CC1. The van der Waals surface area contributed by atoms with Gasteiger partial charge in [0.05, 0.1) is 0 Å². The van der Waals surface area contributed by atoms with E-state index in [0.29, 0.717) is 10.9 Å². The van der Waals surface area contributed by atoms with Gasteiger partial charge in [-0.1, -0.05) is 41.3 Å². The van der Waals surface area contributed by atoms with E-state index in [1.165, 1.54) is 37.1 Å². The molecule has 1 saturated carbocycles. The van der Waals surface area contributed by atoms with Gasteiger partial charge in [0, 0.05) is 10.9 Å². The predicted molar refractivity (Wildman–Crippen MR) is 87.1 cm³/mol. The summed E-state index contributed by atoms with van der Waals surface area (Å²) < 4.78 is 19.3. The molecule has 0 heterocycles. The average molecular weight is 371 g/mol. The Morgan fingerprint density at radius 2 is 2.27 bits per heavy atom. The fraction of sp³-hybridized carbons (Fsp3) is 0.471. The summed E-state index contributed by atoms with van der Waals surface area (Å²) in [4.78, 5) is 12.3. The molecule has 0 radical (unpaired) electrons. The highest BCUT2D eigenvalue weighted by Crippen LogP contribution is 2.36. The fourth-order valence-corrected chi connectivity index (χ4v) is 2.76. The molecule has 1 aliphatic rings. The van der Waals surface area contributed by atoms with Crippen molar-refractivity contribution in [2.24, 2.45) is 5.92 Å². The summed E-state index contributed by atoms with van der Waals surface area (Å²) in [5.41, 5.74) is 0.0613. The molecule has 5 heteroatoms. The number of Topliss-reactive ketones (excluding diaryl/α,β-unsaturated/α-hetero) is 1. The number of ether oxygens (including phenoxy) is 1. The van der Waals surface area contributed by atoms with Crippen LogP contribution in [0.5, 0.6) is 11.5 Å². The third kappa shape index (κ3) is 4.83. The lowest BCUT2D eigenvalue weighted by atomic mass is 10.0. The van der Waals surface area contributed by atoms with Gasteiger partial charge in [-0.15, -0.1) is 0 Å². The van der Waals surface area contributed by atoms with Crippen LogP contribution in [0.15, 0.2) is 28.8 Å². The third-order valence-electron chi connectivity index (χ3n) is 3.62. The molecule has 0 spiro atoms. The normalized spacial score (nSPS) is 16.0. The van der Waals surface area contributed by atoms with Gasteiger partial charge in [-0.25, -0.2) is 0 Å². The first-order valence-electron chi connectivity index (χ1n) is 7.50. The second-order valence-corrected chi connectivity index (χ2v) is 6.47. The predicted octanol–water partition coefficient (Wildman–Crippen LogP) is 5.17. The molecule has 1 N–H and O–H groups in total. The number of allylic oxidation sites excluding steroid dienone is 1. The van der Waals surface area contributed by atoms with E-state index in [1.54, 1.807) is 6.92 Å². The molecular weight excluding hydrogens is 351 g/mol. The molecule has 1 fully saturated rings. The van der Waals surface area contributed by atoms with Gasteiger partial charge in [-0.05, 0) is 37.5 Å². The van der Waals surface area contributed by atoms with Crippen LogP contribution in [-0.2, 0) is 0 Å². The van der Waals surface area contributed by atoms with Crippen molar-refractivity contribution < 1.29 is 19.0 Å². The molecule has 2 rings (SSSR count). The van der Waals surface area contributed by atoms with Crippen molar-refractivity contribution in [3.05, 3.63) is 34.3 Å². The quantitative estimate of drug-likeness (QED) is 0.507. The van der Waals surface area contributed by atoms with Crippen LogP contribution in [0.4, 0.5) is 4.39 Å². The lowest BCUT2D eigenvalue weighted by molar-refractivity contribution is 0.0940. The van der Waals surface area contributed by atoms with Gasteiger partial charge in [0.25, 0.3) is 6.36 Å². The van der Waals surface area contributed by atoms with Crippen molar-refractivity contribution >= 4 is 21.7 Å². The van der Waals surface area contributed by atoms with Crippen molar-refractivity contribution in [3.8, 4) is 11.5 Å². The lowest BCUT2D eigenvalue weighted by Gasteiger charge is -2.14. The Morgan fingerprint density at radius 3 is 2.91 bits per heavy atom. The molecule has 1 aromatic rings. The Bertz CT molecular complexity index is 567. The number of carbonyl (C=O) groups is 1.